The van der Waals surface area contributed by atoms with E-state index in [1.165, 1.54) is 38.1 Å². The van der Waals surface area contributed by atoms with Crippen LogP contribution in [0.15, 0.2) is 53.0 Å². The second-order valence-corrected chi connectivity index (χ2v) is 10.4. The zero-order valence-electron chi connectivity index (χ0n) is 20.9. The maximum atomic E-state index is 14.4. The lowest BCUT2D eigenvalue weighted by atomic mass is 9.97. The van der Waals surface area contributed by atoms with Crippen LogP contribution in [-0.4, -0.2) is 63.2 Å². The lowest BCUT2D eigenvalue weighted by molar-refractivity contribution is -0.161. The SMILES string of the molecule is CC(C)(F)C[C@H](N[C@@H](c1ccc(Br)cc1)C(F)(F)F)C(=O)NCCNc1ccc(N2CCOCC2)cc1. The van der Waals surface area contributed by atoms with Crippen LogP contribution in [0.3, 0.4) is 0 Å². The molecule has 1 saturated heterocycles. The number of rotatable bonds is 11. The van der Waals surface area contributed by atoms with Gasteiger partial charge in [-0.25, -0.2) is 4.39 Å². The van der Waals surface area contributed by atoms with Crippen molar-refractivity contribution in [1.82, 2.24) is 10.6 Å². The van der Waals surface area contributed by atoms with E-state index in [4.69, 9.17) is 4.74 Å². The smallest absolute Gasteiger partial charge is 0.383 e. The number of carbonyl (C=O) groups is 1. The Bertz CT molecular complexity index is 992. The van der Waals surface area contributed by atoms with Gasteiger partial charge in [0, 0.05) is 48.4 Å². The van der Waals surface area contributed by atoms with Crippen LogP contribution in [0.5, 0.6) is 0 Å². The number of halogens is 5. The van der Waals surface area contributed by atoms with Gasteiger partial charge in [-0.1, -0.05) is 28.1 Å². The first kappa shape index (κ1) is 29.2. The molecule has 1 amide bonds. The Hall–Kier alpha value is -2.37. The van der Waals surface area contributed by atoms with Gasteiger partial charge in [0.15, 0.2) is 0 Å². The van der Waals surface area contributed by atoms with Crippen LogP contribution < -0.4 is 20.9 Å². The maximum absolute atomic E-state index is 14.4. The molecule has 37 heavy (non-hydrogen) atoms. The lowest BCUT2D eigenvalue weighted by Crippen LogP contribution is -2.51. The summed E-state index contributed by atoms with van der Waals surface area (Å²) >= 11 is 3.20. The molecule has 3 rings (SSSR count). The molecule has 1 aliphatic rings. The van der Waals surface area contributed by atoms with Crippen LogP contribution in [0.4, 0.5) is 28.9 Å². The number of nitrogens with one attached hydrogen (secondary N) is 3. The van der Waals surface area contributed by atoms with E-state index in [0.717, 1.165) is 24.5 Å². The highest BCUT2D eigenvalue weighted by Gasteiger charge is 2.43. The van der Waals surface area contributed by atoms with Crippen molar-refractivity contribution in [3.8, 4) is 0 Å². The summed E-state index contributed by atoms with van der Waals surface area (Å²) in [5.74, 6) is -0.693. The molecular formula is C26H33BrF4N4O2. The van der Waals surface area contributed by atoms with Gasteiger partial charge in [-0.15, -0.1) is 0 Å². The van der Waals surface area contributed by atoms with Crippen molar-refractivity contribution in [1.29, 1.82) is 0 Å². The Morgan fingerprint density at radius 2 is 1.62 bits per heavy atom. The minimum atomic E-state index is -4.68. The summed E-state index contributed by atoms with van der Waals surface area (Å²) in [5.41, 5.74) is 0.0196. The number of hydrogen-bond donors (Lipinski definition) is 3. The Morgan fingerprint density at radius 1 is 1.00 bits per heavy atom. The molecule has 3 N–H and O–H groups in total. The Morgan fingerprint density at radius 3 is 2.19 bits per heavy atom. The molecule has 11 heteroatoms. The highest BCUT2D eigenvalue weighted by Crippen LogP contribution is 2.34. The summed E-state index contributed by atoms with van der Waals surface area (Å²) in [4.78, 5) is 15.1. The number of benzene rings is 2. The quantitative estimate of drug-likeness (QED) is 0.248. The van der Waals surface area contributed by atoms with Gasteiger partial charge in [0.2, 0.25) is 5.91 Å². The molecule has 0 aliphatic carbocycles. The number of alkyl halides is 4. The normalized spacial score (nSPS) is 16.2. The molecular weight excluding hydrogens is 556 g/mol. The number of morpholine rings is 1. The summed E-state index contributed by atoms with van der Waals surface area (Å²) in [7, 11) is 0. The molecule has 0 unspecified atom stereocenters. The summed E-state index contributed by atoms with van der Waals surface area (Å²) in [6.45, 7) is 6.04. The molecule has 1 aliphatic heterocycles. The molecule has 0 bridgehead atoms. The number of amides is 1. The molecule has 1 fully saturated rings. The first-order chi connectivity index (χ1) is 17.4. The molecule has 204 valence electrons. The predicted octanol–water partition coefficient (Wildman–Crippen LogP) is 5.21. The van der Waals surface area contributed by atoms with Crippen molar-refractivity contribution >= 4 is 33.2 Å². The number of hydrogen-bond acceptors (Lipinski definition) is 5. The zero-order chi connectivity index (χ0) is 27.1. The van der Waals surface area contributed by atoms with Gasteiger partial charge in [-0.2, -0.15) is 13.2 Å². The topological polar surface area (TPSA) is 65.6 Å². The van der Waals surface area contributed by atoms with Gasteiger partial charge < -0.3 is 20.3 Å². The van der Waals surface area contributed by atoms with Crippen molar-refractivity contribution in [3.63, 3.8) is 0 Å². The maximum Gasteiger partial charge on any atom is 0.407 e. The number of anilines is 2. The van der Waals surface area contributed by atoms with E-state index in [0.29, 0.717) is 24.2 Å². The molecule has 6 nitrogen and oxygen atoms in total. The van der Waals surface area contributed by atoms with Crippen LogP contribution in [0.1, 0.15) is 31.9 Å². The predicted molar refractivity (Wildman–Crippen MR) is 141 cm³/mol. The zero-order valence-corrected chi connectivity index (χ0v) is 22.5. The van der Waals surface area contributed by atoms with E-state index < -0.39 is 36.3 Å². The van der Waals surface area contributed by atoms with Crippen LogP contribution in [0.2, 0.25) is 0 Å². The number of carbonyl (C=O) groups excluding carboxylic acids is 1. The minimum Gasteiger partial charge on any atom is -0.383 e. The van der Waals surface area contributed by atoms with Gasteiger partial charge in [-0.3, -0.25) is 10.1 Å². The average Bonchev–Trinajstić information content (AvgIpc) is 2.84. The van der Waals surface area contributed by atoms with Gasteiger partial charge in [-0.05, 0) is 55.8 Å². The van der Waals surface area contributed by atoms with E-state index >= 15 is 0 Å². The first-order valence-electron chi connectivity index (χ1n) is 12.1. The van der Waals surface area contributed by atoms with Crippen molar-refractivity contribution in [2.45, 2.75) is 44.2 Å². The largest absolute Gasteiger partial charge is 0.407 e. The highest BCUT2D eigenvalue weighted by molar-refractivity contribution is 9.10. The molecule has 0 radical (unpaired) electrons. The third kappa shape index (κ3) is 9.46. The summed E-state index contributed by atoms with van der Waals surface area (Å²) in [6, 6.07) is 9.95. The third-order valence-electron chi connectivity index (χ3n) is 5.90. The molecule has 2 aromatic carbocycles. The standard InChI is InChI=1S/C26H33BrF4N4O2/c1-25(2,28)17-22(34-23(26(29,30)31)18-3-5-19(27)6-4-18)24(36)33-12-11-32-20-7-9-21(10-8-20)35-13-15-37-16-14-35/h3-10,22-23,32,34H,11-17H2,1-2H3,(H,33,36)/t22-,23-/m0/s1. The molecule has 0 saturated carbocycles. The second-order valence-electron chi connectivity index (χ2n) is 9.53. The first-order valence-corrected chi connectivity index (χ1v) is 12.9. The fourth-order valence-electron chi connectivity index (χ4n) is 4.08. The Balaban J connectivity index is 1.57. The average molecular weight is 589 g/mol. The van der Waals surface area contributed by atoms with Gasteiger partial charge in [0.25, 0.3) is 0 Å². The van der Waals surface area contributed by atoms with Gasteiger partial charge >= 0.3 is 6.18 Å². The second kappa shape index (κ2) is 12.9. The van der Waals surface area contributed by atoms with Crippen LogP contribution >= 0.6 is 15.9 Å². The van der Waals surface area contributed by atoms with E-state index in [9.17, 15) is 22.4 Å². The number of nitrogens with zero attached hydrogens (tertiary/aromatic N) is 1. The molecule has 0 aromatic heterocycles. The fraction of sp³-hybridized carbons (Fsp3) is 0.500. The van der Waals surface area contributed by atoms with Crippen LogP contribution in [0, 0.1) is 0 Å². The fourth-order valence-corrected chi connectivity index (χ4v) is 4.34. The van der Waals surface area contributed by atoms with Gasteiger partial charge in [0.1, 0.15) is 11.7 Å². The number of ether oxygens (including phenoxy) is 1. The summed E-state index contributed by atoms with van der Waals surface area (Å²) in [5, 5.41) is 8.16. The Labute approximate surface area is 223 Å². The van der Waals surface area contributed by atoms with Crippen LogP contribution in [0.25, 0.3) is 0 Å². The molecule has 1 heterocycles. The Kier molecular flexibility index (Phi) is 10.2. The third-order valence-corrected chi connectivity index (χ3v) is 6.43. The van der Waals surface area contributed by atoms with E-state index in [-0.39, 0.29) is 12.1 Å². The lowest BCUT2D eigenvalue weighted by Gasteiger charge is -2.30. The van der Waals surface area contributed by atoms with E-state index in [1.807, 2.05) is 24.3 Å². The van der Waals surface area contributed by atoms with E-state index in [2.05, 4.69) is 36.8 Å². The summed E-state index contributed by atoms with van der Waals surface area (Å²) in [6.07, 6.45) is -5.10. The highest BCUT2D eigenvalue weighted by atomic mass is 79.9. The minimum absolute atomic E-state index is 0.0626. The molecule has 2 atom stereocenters. The van der Waals surface area contributed by atoms with Gasteiger partial charge in [0.05, 0.1) is 19.3 Å². The monoisotopic (exact) mass is 588 g/mol. The van der Waals surface area contributed by atoms with Crippen molar-refractivity contribution in [2.75, 3.05) is 49.6 Å². The van der Waals surface area contributed by atoms with Crippen molar-refractivity contribution < 1.29 is 27.1 Å². The van der Waals surface area contributed by atoms with Crippen molar-refractivity contribution in [3.05, 3.63) is 58.6 Å². The van der Waals surface area contributed by atoms with E-state index in [1.54, 1.807) is 0 Å². The summed E-state index contributed by atoms with van der Waals surface area (Å²) < 4.78 is 62.1. The molecule has 0 spiro atoms. The van der Waals surface area contributed by atoms with Crippen LogP contribution in [-0.2, 0) is 9.53 Å². The van der Waals surface area contributed by atoms with Crippen molar-refractivity contribution in [2.24, 2.45) is 0 Å². The molecule has 2 aromatic rings.